The van der Waals surface area contributed by atoms with Gasteiger partial charge < -0.3 is 30.3 Å². The lowest BCUT2D eigenvalue weighted by molar-refractivity contribution is -0.153. The summed E-state index contributed by atoms with van der Waals surface area (Å²) < 4.78 is 12.1. The fourth-order valence-corrected chi connectivity index (χ4v) is 6.20. The van der Waals surface area contributed by atoms with E-state index in [-0.39, 0.29) is 23.8 Å². The van der Waals surface area contributed by atoms with E-state index in [0.717, 1.165) is 41.9 Å². The average Bonchev–Trinajstić information content (AvgIpc) is 3.07. The summed E-state index contributed by atoms with van der Waals surface area (Å²) in [6, 6.07) is 24.3. The standard InChI is InChI=1S/C37H47N5O5/c1-25(2)34(40-35(43)26(3)38-4)36(44)42-21-20-41(23-27-12-10-17-30(22-27)46-29-15-6-5-7-16-29)24-33(42)47-37(45)39-32-19-11-14-28-13-8-9-18-31(28)32/h5-10,12-13,15-18,22,25-26,32-34,38H,11,14,19-21,23-24H2,1-4H3,(H,39,45)(H,40,43)/t26-,32?,33-,34-/m0/s1. The van der Waals surface area contributed by atoms with Crippen molar-refractivity contribution in [3.8, 4) is 11.5 Å². The first kappa shape index (κ1) is 33.9. The number of piperazine rings is 1. The first-order valence-electron chi connectivity index (χ1n) is 16.6. The van der Waals surface area contributed by atoms with E-state index >= 15 is 0 Å². The third-order valence-corrected chi connectivity index (χ3v) is 8.95. The maximum atomic E-state index is 14.1. The summed E-state index contributed by atoms with van der Waals surface area (Å²) in [7, 11) is 1.70. The molecule has 1 unspecified atom stereocenters. The quantitative estimate of drug-likeness (QED) is 0.270. The molecule has 5 rings (SSSR count). The molecule has 3 aromatic carbocycles. The van der Waals surface area contributed by atoms with Gasteiger partial charge in [0.05, 0.1) is 18.6 Å². The lowest BCUT2D eigenvalue weighted by atomic mass is 9.88. The Morgan fingerprint density at radius 2 is 1.66 bits per heavy atom. The van der Waals surface area contributed by atoms with Crippen molar-refractivity contribution in [2.24, 2.45) is 5.92 Å². The summed E-state index contributed by atoms with van der Waals surface area (Å²) in [5.74, 6) is 0.785. The molecule has 0 spiro atoms. The van der Waals surface area contributed by atoms with Crippen LogP contribution in [0.1, 0.15) is 56.3 Å². The Balaban J connectivity index is 1.32. The minimum Gasteiger partial charge on any atom is -0.457 e. The van der Waals surface area contributed by atoms with Crippen LogP contribution >= 0.6 is 0 Å². The second-order valence-corrected chi connectivity index (χ2v) is 12.7. The van der Waals surface area contributed by atoms with Crippen molar-refractivity contribution in [3.63, 3.8) is 0 Å². The number of amides is 3. The largest absolute Gasteiger partial charge is 0.457 e. The second-order valence-electron chi connectivity index (χ2n) is 12.7. The van der Waals surface area contributed by atoms with Gasteiger partial charge in [0.15, 0.2) is 6.23 Å². The van der Waals surface area contributed by atoms with E-state index in [2.05, 4.69) is 33.0 Å². The number of fused-ring (bicyclic) bond motifs is 1. The van der Waals surface area contributed by atoms with Crippen LogP contribution in [0.3, 0.4) is 0 Å². The van der Waals surface area contributed by atoms with Gasteiger partial charge in [-0.2, -0.15) is 0 Å². The third kappa shape index (κ3) is 8.90. The molecule has 1 aliphatic heterocycles. The molecule has 3 aromatic rings. The molecule has 0 aromatic heterocycles. The van der Waals surface area contributed by atoms with Gasteiger partial charge in [0.25, 0.3) is 0 Å². The number of carbonyl (C=O) groups is 3. The number of para-hydroxylation sites is 1. The summed E-state index contributed by atoms with van der Waals surface area (Å²) >= 11 is 0. The van der Waals surface area contributed by atoms with Gasteiger partial charge in [0.2, 0.25) is 11.8 Å². The minimum absolute atomic E-state index is 0.158. The number of nitrogens with one attached hydrogen (secondary N) is 3. The topological polar surface area (TPSA) is 112 Å². The third-order valence-electron chi connectivity index (χ3n) is 8.95. The first-order valence-corrected chi connectivity index (χ1v) is 16.6. The number of aryl methyl sites for hydroxylation is 1. The Bertz CT molecular complexity index is 1520. The molecule has 3 amide bonds. The molecule has 10 nitrogen and oxygen atoms in total. The van der Waals surface area contributed by atoms with Gasteiger partial charge in [0, 0.05) is 19.6 Å². The van der Waals surface area contributed by atoms with Crippen LogP contribution < -0.4 is 20.7 Å². The summed E-state index contributed by atoms with van der Waals surface area (Å²) in [4.78, 5) is 44.1. The zero-order valence-electron chi connectivity index (χ0n) is 27.8. The van der Waals surface area contributed by atoms with E-state index in [1.54, 1.807) is 18.9 Å². The van der Waals surface area contributed by atoms with Crippen LogP contribution in [0, 0.1) is 5.92 Å². The molecule has 1 fully saturated rings. The molecular weight excluding hydrogens is 594 g/mol. The van der Waals surface area contributed by atoms with Gasteiger partial charge in [-0.15, -0.1) is 0 Å². The number of carbonyl (C=O) groups excluding carboxylic acids is 3. The molecule has 0 bridgehead atoms. The highest BCUT2D eigenvalue weighted by molar-refractivity contribution is 5.90. The highest BCUT2D eigenvalue weighted by Gasteiger charge is 2.38. The van der Waals surface area contributed by atoms with Crippen LogP contribution in [0.5, 0.6) is 11.5 Å². The predicted octanol–water partition coefficient (Wildman–Crippen LogP) is 5.00. The van der Waals surface area contributed by atoms with Crippen LogP contribution in [0.15, 0.2) is 78.9 Å². The fraction of sp³-hybridized carbons (Fsp3) is 0.432. The molecule has 1 aliphatic carbocycles. The van der Waals surface area contributed by atoms with Crippen molar-refractivity contribution in [1.82, 2.24) is 25.8 Å². The summed E-state index contributed by atoms with van der Waals surface area (Å²) in [6.07, 6.45) is 1.35. The number of benzene rings is 3. The number of alkyl carbamates (subject to hydrolysis) is 1. The van der Waals surface area contributed by atoms with Crippen molar-refractivity contribution in [3.05, 3.63) is 95.6 Å². The van der Waals surface area contributed by atoms with Crippen LogP contribution in [0.2, 0.25) is 0 Å². The molecule has 250 valence electrons. The lowest BCUT2D eigenvalue weighted by Gasteiger charge is -2.42. The number of ether oxygens (including phenoxy) is 2. The van der Waals surface area contributed by atoms with Crippen molar-refractivity contribution in [2.45, 2.75) is 70.9 Å². The molecule has 10 heteroatoms. The Morgan fingerprint density at radius 3 is 2.43 bits per heavy atom. The van der Waals surface area contributed by atoms with E-state index < -0.39 is 24.4 Å². The normalized spacial score (nSPS) is 19.3. The number of likely N-dealkylation sites (N-methyl/N-ethyl adjacent to an activating group) is 1. The number of nitrogens with zero attached hydrogens (tertiary/aromatic N) is 2. The molecule has 2 aliphatic rings. The zero-order chi connectivity index (χ0) is 33.3. The summed E-state index contributed by atoms with van der Waals surface area (Å²) in [6.45, 7) is 7.34. The first-order chi connectivity index (χ1) is 22.7. The van der Waals surface area contributed by atoms with E-state index in [0.29, 0.717) is 26.2 Å². The fourth-order valence-electron chi connectivity index (χ4n) is 6.20. The van der Waals surface area contributed by atoms with Gasteiger partial charge >= 0.3 is 6.09 Å². The molecule has 0 radical (unpaired) electrons. The average molecular weight is 642 g/mol. The molecule has 0 saturated carbocycles. The van der Waals surface area contributed by atoms with Gasteiger partial charge in [-0.3, -0.25) is 14.5 Å². The van der Waals surface area contributed by atoms with Crippen molar-refractivity contribution < 1.29 is 23.9 Å². The molecule has 47 heavy (non-hydrogen) atoms. The Hall–Kier alpha value is -4.41. The van der Waals surface area contributed by atoms with Crippen molar-refractivity contribution in [1.29, 1.82) is 0 Å². The molecule has 4 atom stereocenters. The molecule has 1 heterocycles. The van der Waals surface area contributed by atoms with E-state index in [9.17, 15) is 14.4 Å². The number of hydrogen-bond acceptors (Lipinski definition) is 7. The lowest BCUT2D eigenvalue weighted by Crippen LogP contribution is -2.62. The molecule has 3 N–H and O–H groups in total. The zero-order valence-corrected chi connectivity index (χ0v) is 27.8. The predicted molar refractivity (Wildman–Crippen MR) is 181 cm³/mol. The van der Waals surface area contributed by atoms with Crippen molar-refractivity contribution in [2.75, 3.05) is 26.7 Å². The van der Waals surface area contributed by atoms with Crippen LogP contribution in [-0.2, 0) is 27.3 Å². The van der Waals surface area contributed by atoms with Gasteiger partial charge in [-0.05, 0) is 80.1 Å². The maximum absolute atomic E-state index is 14.1. The van der Waals surface area contributed by atoms with Crippen LogP contribution in [0.25, 0.3) is 0 Å². The second kappa shape index (κ2) is 15.9. The van der Waals surface area contributed by atoms with Gasteiger partial charge in [0.1, 0.15) is 17.5 Å². The van der Waals surface area contributed by atoms with E-state index in [1.807, 2.05) is 80.6 Å². The Labute approximate surface area is 277 Å². The Kier molecular flexibility index (Phi) is 11.5. The summed E-state index contributed by atoms with van der Waals surface area (Å²) in [5.41, 5.74) is 3.37. The van der Waals surface area contributed by atoms with Crippen molar-refractivity contribution >= 4 is 17.9 Å². The highest BCUT2D eigenvalue weighted by Crippen LogP contribution is 2.30. The number of hydrogen-bond donors (Lipinski definition) is 3. The van der Waals surface area contributed by atoms with Gasteiger partial charge in [-0.1, -0.05) is 68.4 Å². The van der Waals surface area contributed by atoms with Crippen LogP contribution in [-0.4, -0.2) is 72.7 Å². The monoisotopic (exact) mass is 641 g/mol. The molecule has 1 saturated heterocycles. The highest BCUT2D eigenvalue weighted by atomic mass is 16.6. The SMILES string of the molecule is CN[C@@H](C)C(=O)N[C@H](C(=O)N1CCN(Cc2cccc(Oc3ccccc3)c2)C[C@@H]1OC(=O)NC1CCCc2ccccc21)C(C)C. The summed E-state index contributed by atoms with van der Waals surface area (Å²) in [5, 5.41) is 8.91. The maximum Gasteiger partial charge on any atom is 0.409 e. The van der Waals surface area contributed by atoms with Crippen LogP contribution in [0.4, 0.5) is 4.79 Å². The molecular formula is C37H47N5O5. The number of rotatable bonds is 11. The van der Waals surface area contributed by atoms with Gasteiger partial charge in [-0.25, -0.2) is 4.79 Å². The Morgan fingerprint density at radius 1 is 0.915 bits per heavy atom. The van der Waals surface area contributed by atoms with E-state index in [4.69, 9.17) is 9.47 Å². The smallest absolute Gasteiger partial charge is 0.409 e. The minimum atomic E-state index is -0.848. The van der Waals surface area contributed by atoms with E-state index in [1.165, 1.54) is 5.56 Å².